The van der Waals surface area contributed by atoms with Gasteiger partial charge in [0.1, 0.15) is 18.5 Å². The number of carbonyl (C=O) groups is 3. The van der Waals surface area contributed by atoms with Gasteiger partial charge in [-0.1, -0.05) is 6.58 Å². The van der Waals surface area contributed by atoms with Crippen LogP contribution < -0.4 is 0 Å². The molecule has 2 aliphatic rings. The van der Waals surface area contributed by atoms with Gasteiger partial charge < -0.3 is 9.84 Å². The standard InChI is InChI=1S/C10H13NO3.C6H8O2/c1-3-11(6-4-5-9(11)12)7-8(2)10(13)14;1-4-3-5(2)8-6(4)7/h3,7H,1,4-6H2,2H3;5H,1,3H2,2H3/p+1. The Hall–Kier alpha value is -2.21. The summed E-state index contributed by atoms with van der Waals surface area (Å²) >= 11 is 0. The predicted octanol–water partition coefficient (Wildman–Crippen LogP) is 2.13. The first-order chi connectivity index (χ1) is 10.2. The Morgan fingerprint density at radius 2 is 2.09 bits per heavy atom. The molecule has 0 aromatic heterocycles. The number of carboxylic acid groups (broad SMARTS) is 1. The summed E-state index contributed by atoms with van der Waals surface area (Å²) in [5.41, 5.74) is 0.776. The van der Waals surface area contributed by atoms with Crippen LogP contribution in [0.25, 0.3) is 0 Å². The quantitative estimate of drug-likeness (QED) is 0.491. The normalized spacial score (nSPS) is 28.0. The maximum atomic E-state index is 11.5. The van der Waals surface area contributed by atoms with E-state index >= 15 is 0 Å². The number of likely N-dealkylation sites (tertiary alicyclic amines) is 1. The van der Waals surface area contributed by atoms with Gasteiger partial charge in [0, 0.05) is 18.4 Å². The average Bonchev–Trinajstić information content (AvgIpc) is 2.94. The summed E-state index contributed by atoms with van der Waals surface area (Å²) in [6.07, 6.45) is 4.99. The van der Waals surface area contributed by atoms with Crippen LogP contribution in [0.4, 0.5) is 0 Å². The van der Waals surface area contributed by atoms with Gasteiger partial charge in [0.05, 0.1) is 18.5 Å². The number of ether oxygens (including phenoxy) is 1. The molecule has 0 radical (unpaired) electrons. The van der Waals surface area contributed by atoms with Gasteiger partial charge in [-0.05, 0) is 20.4 Å². The van der Waals surface area contributed by atoms with E-state index in [4.69, 9.17) is 9.84 Å². The highest BCUT2D eigenvalue weighted by atomic mass is 16.5. The molecule has 120 valence electrons. The molecule has 1 N–H and O–H groups in total. The minimum Gasteiger partial charge on any atom is -0.478 e. The summed E-state index contributed by atoms with van der Waals surface area (Å²) in [5, 5.41) is 8.71. The van der Waals surface area contributed by atoms with Crippen LogP contribution >= 0.6 is 0 Å². The third-order valence-corrected chi connectivity index (χ3v) is 3.60. The maximum Gasteiger partial charge on any atom is 0.336 e. The Bertz CT molecular complexity index is 533. The molecule has 2 saturated heterocycles. The SMILES string of the molecule is C=C1CC(C)OC1=O.C=C[N+]1(C=C(C)C(=O)O)CCCC1=O. The zero-order valence-electron chi connectivity index (χ0n) is 13.0. The number of hydrogen-bond acceptors (Lipinski definition) is 4. The van der Waals surface area contributed by atoms with Crippen molar-refractivity contribution in [1.82, 2.24) is 0 Å². The lowest BCUT2D eigenvalue weighted by atomic mass is 10.2. The van der Waals surface area contributed by atoms with Crippen LogP contribution in [0.2, 0.25) is 0 Å². The third-order valence-electron chi connectivity index (χ3n) is 3.60. The summed E-state index contributed by atoms with van der Waals surface area (Å²) in [4.78, 5) is 32.6. The highest BCUT2D eigenvalue weighted by Crippen LogP contribution is 2.23. The molecule has 6 nitrogen and oxygen atoms in total. The van der Waals surface area contributed by atoms with Crippen molar-refractivity contribution in [2.75, 3.05) is 6.54 Å². The van der Waals surface area contributed by atoms with Crippen molar-refractivity contribution in [2.45, 2.75) is 39.2 Å². The molecule has 0 aromatic carbocycles. The fourth-order valence-electron chi connectivity index (χ4n) is 2.35. The van der Waals surface area contributed by atoms with Gasteiger partial charge in [-0.15, -0.1) is 0 Å². The zero-order chi connectivity index (χ0) is 16.9. The molecule has 2 fully saturated rings. The summed E-state index contributed by atoms with van der Waals surface area (Å²) in [5.74, 6) is -1.22. The number of quaternary nitrogens is 1. The van der Waals surface area contributed by atoms with Gasteiger partial charge in [0.25, 0.3) is 0 Å². The Balaban J connectivity index is 0.000000255. The van der Waals surface area contributed by atoms with E-state index in [9.17, 15) is 14.4 Å². The fourth-order valence-corrected chi connectivity index (χ4v) is 2.35. The molecule has 2 rings (SSSR count). The minimum absolute atomic E-state index is 0.0144. The van der Waals surface area contributed by atoms with Crippen molar-refractivity contribution in [3.63, 3.8) is 0 Å². The lowest BCUT2D eigenvalue weighted by molar-refractivity contribution is -0.739. The third kappa shape index (κ3) is 4.14. The van der Waals surface area contributed by atoms with E-state index < -0.39 is 5.97 Å². The molecule has 2 aliphatic heterocycles. The number of esters is 1. The molecule has 0 aromatic rings. The van der Waals surface area contributed by atoms with E-state index in [0.29, 0.717) is 25.0 Å². The first-order valence-corrected chi connectivity index (χ1v) is 7.08. The average molecular weight is 308 g/mol. The lowest BCUT2D eigenvalue weighted by Crippen LogP contribution is -2.38. The second-order valence-electron chi connectivity index (χ2n) is 5.47. The number of carbonyl (C=O) groups excluding carboxylic acids is 2. The number of cyclic esters (lactones) is 1. The van der Waals surface area contributed by atoms with Crippen LogP contribution in [-0.2, 0) is 19.1 Å². The number of rotatable bonds is 3. The van der Waals surface area contributed by atoms with E-state index in [2.05, 4.69) is 13.2 Å². The van der Waals surface area contributed by atoms with Crippen molar-refractivity contribution < 1.29 is 28.7 Å². The summed E-state index contributed by atoms with van der Waals surface area (Å²) in [6, 6.07) is 0. The predicted molar refractivity (Wildman–Crippen MR) is 80.3 cm³/mol. The highest BCUT2D eigenvalue weighted by molar-refractivity contribution is 5.89. The largest absolute Gasteiger partial charge is 0.478 e. The van der Waals surface area contributed by atoms with Crippen molar-refractivity contribution in [2.24, 2.45) is 0 Å². The van der Waals surface area contributed by atoms with Crippen LogP contribution in [0.15, 0.2) is 36.7 Å². The molecular formula is C16H22NO5+. The number of nitrogens with zero attached hydrogens (tertiary/aromatic N) is 1. The second kappa shape index (κ2) is 7.17. The van der Waals surface area contributed by atoms with Crippen LogP contribution in [0.3, 0.4) is 0 Å². The van der Waals surface area contributed by atoms with Gasteiger partial charge in [-0.2, -0.15) is 0 Å². The topological polar surface area (TPSA) is 80.7 Å². The smallest absolute Gasteiger partial charge is 0.336 e. The minimum atomic E-state index is -0.996. The highest BCUT2D eigenvalue weighted by Gasteiger charge is 2.38. The fraction of sp³-hybridized carbons (Fsp3) is 0.438. The molecule has 2 heterocycles. The van der Waals surface area contributed by atoms with E-state index in [1.54, 1.807) is 0 Å². The Labute approximate surface area is 130 Å². The van der Waals surface area contributed by atoms with E-state index in [1.807, 2.05) is 6.92 Å². The number of aliphatic carboxylic acids is 1. The number of amides is 1. The molecular weight excluding hydrogens is 286 g/mol. The van der Waals surface area contributed by atoms with Crippen LogP contribution in [0.5, 0.6) is 0 Å². The lowest BCUT2D eigenvalue weighted by Gasteiger charge is -2.21. The molecule has 1 amide bonds. The van der Waals surface area contributed by atoms with Gasteiger partial charge in [0.2, 0.25) is 0 Å². The molecule has 0 aliphatic carbocycles. The van der Waals surface area contributed by atoms with Crippen molar-refractivity contribution >= 4 is 17.8 Å². The molecule has 0 saturated carbocycles. The molecule has 2 unspecified atom stereocenters. The summed E-state index contributed by atoms with van der Waals surface area (Å²) < 4.78 is 4.71. The van der Waals surface area contributed by atoms with E-state index in [0.717, 1.165) is 6.42 Å². The van der Waals surface area contributed by atoms with E-state index in [-0.39, 0.29) is 28.0 Å². The Kier molecular flexibility index (Phi) is 5.82. The van der Waals surface area contributed by atoms with Gasteiger partial charge in [-0.25, -0.2) is 18.9 Å². The summed E-state index contributed by atoms with van der Waals surface area (Å²) in [7, 11) is 0. The van der Waals surface area contributed by atoms with Gasteiger partial charge in [-0.3, -0.25) is 0 Å². The maximum absolute atomic E-state index is 11.5. The molecule has 2 atom stereocenters. The van der Waals surface area contributed by atoms with Crippen LogP contribution in [0, 0.1) is 0 Å². The molecule has 0 spiro atoms. The summed E-state index contributed by atoms with van der Waals surface area (Å²) in [6.45, 7) is 11.1. The van der Waals surface area contributed by atoms with Crippen LogP contribution in [0.1, 0.15) is 33.1 Å². The zero-order valence-corrected chi connectivity index (χ0v) is 13.0. The van der Waals surface area contributed by atoms with Gasteiger partial charge >= 0.3 is 17.8 Å². The number of hydrogen-bond donors (Lipinski definition) is 1. The van der Waals surface area contributed by atoms with Crippen molar-refractivity contribution in [3.8, 4) is 0 Å². The second-order valence-corrected chi connectivity index (χ2v) is 5.47. The Morgan fingerprint density at radius 3 is 2.36 bits per heavy atom. The monoisotopic (exact) mass is 308 g/mol. The first kappa shape index (κ1) is 17.8. The Morgan fingerprint density at radius 1 is 1.45 bits per heavy atom. The van der Waals surface area contributed by atoms with Gasteiger partial charge in [0.15, 0.2) is 0 Å². The molecule has 6 heteroatoms. The van der Waals surface area contributed by atoms with E-state index in [1.165, 1.54) is 19.3 Å². The number of carboxylic acids is 1. The first-order valence-electron chi connectivity index (χ1n) is 7.08. The van der Waals surface area contributed by atoms with Crippen molar-refractivity contribution in [3.05, 3.63) is 36.7 Å². The van der Waals surface area contributed by atoms with Crippen LogP contribution in [-0.4, -0.2) is 40.1 Å². The van der Waals surface area contributed by atoms with Crippen molar-refractivity contribution in [1.29, 1.82) is 0 Å². The molecule has 0 bridgehead atoms. The molecule has 22 heavy (non-hydrogen) atoms.